The molecular formula is C20H15FN4O. The van der Waals surface area contributed by atoms with Crippen molar-refractivity contribution >= 4 is 5.82 Å². The molecule has 2 heterocycles. The first-order valence-corrected chi connectivity index (χ1v) is 8.12. The van der Waals surface area contributed by atoms with E-state index >= 15 is 0 Å². The van der Waals surface area contributed by atoms with Crippen molar-refractivity contribution < 1.29 is 8.91 Å². The molecule has 0 aliphatic rings. The average molecular weight is 346 g/mol. The number of hydrogen-bond acceptors (Lipinski definition) is 5. The third kappa shape index (κ3) is 3.59. The van der Waals surface area contributed by atoms with Gasteiger partial charge >= 0.3 is 0 Å². The molecule has 0 fully saturated rings. The van der Waals surface area contributed by atoms with E-state index < -0.39 is 0 Å². The highest BCUT2D eigenvalue weighted by molar-refractivity contribution is 5.59. The smallest absolute Gasteiger partial charge is 0.259 e. The molecular weight excluding hydrogens is 331 g/mol. The summed E-state index contributed by atoms with van der Waals surface area (Å²) in [6, 6.07) is 19.7. The minimum Gasteiger partial charge on any atom is -0.366 e. The highest BCUT2D eigenvalue weighted by Gasteiger charge is 2.10. The van der Waals surface area contributed by atoms with Crippen LogP contribution in [0, 0.1) is 5.82 Å². The predicted molar refractivity (Wildman–Crippen MR) is 96.7 cm³/mol. The standard InChI is InChI=1S/C20H15FN4O/c21-17-9-6-14(7-10-17)12-22-18-11-8-16(13-23-18)20-24-19(25-26-20)15-4-2-1-3-5-15/h1-11,13H,12H2,(H,22,23). The molecule has 0 aliphatic carbocycles. The van der Waals surface area contributed by atoms with Gasteiger partial charge < -0.3 is 9.84 Å². The van der Waals surface area contributed by atoms with Gasteiger partial charge in [-0.3, -0.25) is 0 Å². The van der Waals surface area contributed by atoms with Gasteiger partial charge in [0.2, 0.25) is 5.82 Å². The SMILES string of the molecule is Fc1ccc(CNc2ccc(-c3nc(-c4ccccc4)no3)cn2)cc1. The number of benzene rings is 2. The molecule has 6 heteroatoms. The Morgan fingerprint density at radius 3 is 2.42 bits per heavy atom. The van der Waals surface area contributed by atoms with Crippen LogP contribution in [-0.4, -0.2) is 15.1 Å². The summed E-state index contributed by atoms with van der Waals surface area (Å²) in [6.07, 6.45) is 1.68. The summed E-state index contributed by atoms with van der Waals surface area (Å²) in [7, 11) is 0. The van der Waals surface area contributed by atoms with Crippen LogP contribution in [0.2, 0.25) is 0 Å². The largest absolute Gasteiger partial charge is 0.366 e. The molecule has 4 rings (SSSR count). The molecule has 4 aromatic rings. The first-order chi connectivity index (χ1) is 12.8. The van der Waals surface area contributed by atoms with E-state index in [0.717, 1.165) is 16.7 Å². The summed E-state index contributed by atoms with van der Waals surface area (Å²) in [4.78, 5) is 8.77. The van der Waals surface area contributed by atoms with Gasteiger partial charge in [-0.2, -0.15) is 4.98 Å². The summed E-state index contributed by atoms with van der Waals surface area (Å²) in [6.45, 7) is 0.561. The van der Waals surface area contributed by atoms with Crippen LogP contribution in [0.3, 0.4) is 0 Å². The van der Waals surface area contributed by atoms with E-state index in [0.29, 0.717) is 24.1 Å². The zero-order valence-corrected chi connectivity index (χ0v) is 13.8. The fraction of sp³-hybridized carbons (Fsp3) is 0.0500. The number of nitrogens with one attached hydrogen (secondary N) is 1. The minimum absolute atomic E-state index is 0.245. The van der Waals surface area contributed by atoms with Crippen molar-refractivity contribution in [1.29, 1.82) is 0 Å². The van der Waals surface area contributed by atoms with Gasteiger partial charge in [-0.25, -0.2) is 9.37 Å². The third-order valence-corrected chi connectivity index (χ3v) is 3.86. The van der Waals surface area contributed by atoms with E-state index in [-0.39, 0.29) is 5.82 Å². The molecule has 1 N–H and O–H groups in total. The van der Waals surface area contributed by atoms with Crippen molar-refractivity contribution in [2.45, 2.75) is 6.54 Å². The van der Waals surface area contributed by atoms with Crippen LogP contribution in [0.5, 0.6) is 0 Å². The number of nitrogens with zero attached hydrogens (tertiary/aromatic N) is 3. The molecule has 0 radical (unpaired) electrons. The first-order valence-electron chi connectivity index (χ1n) is 8.12. The molecule has 0 amide bonds. The molecule has 0 bridgehead atoms. The van der Waals surface area contributed by atoms with Gasteiger partial charge in [-0.05, 0) is 29.8 Å². The molecule has 2 aromatic carbocycles. The third-order valence-electron chi connectivity index (χ3n) is 3.86. The Bertz CT molecular complexity index is 983. The van der Waals surface area contributed by atoms with Crippen molar-refractivity contribution in [3.05, 3.63) is 84.3 Å². The first kappa shape index (κ1) is 16.0. The lowest BCUT2D eigenvalue weighted by Crippen LogP contribution is -2.01. The Labute approximate surface area is 149 Å². The van der Waals surface area contributed by atoms with Gasteiger partial charge in [-0.1, -0.05) is 47.6 Å². The Morgan fingerprint density at radius 1 is 0.885 bits per heavy atom. The molecule has 0 saturated carbocycles. The number of rotatable bonds is 5. The second-order valence-corrected chi connectivity index (χ2v) is 5.70. The summed E-state index contributed by atoms with van der Waals surface area (Å²) in [5.41, 5.74) is 2.61. The van der Waals surface area contributed by atoms with E-state index in [9.17, 15) is 4.39 Å². The zero-order valence-electron chi connectivity index (χ0n) is 13.8. The van der Waals surface area contributed by atoms with Crippen molar-refractivity contribution in [2.24, 2.45) is 0 Å². The Morgan fingerprint density at radius 2 is 1.69 bits per heavy atom. The van der Waals surface area contributed by atoms with E-state index in [1.165, 1.54) is 12.1 Å². The monoisotopic (exact) mass is 346 g/mol. The number of aromatic nitrogens is 3. The molecule has 2 aromatic heterocycles. The van der Waals surface area contributed by atoms with Crippen LogP contribution < -0.4 is 5.32 Å². The van der Waals surface area contributed by atoms with Gasteiger partial charge in [-0.15, -0.1) is 0 Å². The Kier molecular flexibility index (Phi) is 4.38. The number of hydrogen-bond donors (Lipinski definition) is 1. The summed E-state index contributed by atoms with van der Waals surface area (Å²) >= 11 is 0. The molecule has 0 atom stereocenters. The van der Waals surface area contributed by atoms with E-state index in [4.69, 9.17) is 4.52 Å². The normalized spacial score (nSPS) is 10.7. The quantitative estimate of drug-likeness (QED) is 0.574. The van der Waals surface area contributed by atoms with Crippen LogP contribution in [0.1, 0.15) is 5.56 Å². The maximum absolute atomic E-state index is 12.9. The molecule has 26 heavy (non-hydrogen) atoms. The lowest BCUT2D eigenvalue weighted by molar-refractivity contribution is 0.432. The van der Waals surface area contributed by atoms with Gasteiger partial charge in [0.15, 0.2) is 0 Å². The van der Waals surface area contributed by atoms with E-state index in [1.807, 2.05) is 42.5 Å². The summed E-state index contributed by atoms with van der Waals surface area (Å²) in [5.74, 6) is 1.42. The van der Waals surface area contributed by atoms with Crippen molar-refractivity contribution in [1.82, 2.24) is 15.1 Å². The maximum atomic E-state index is 12.9. The molecule has 0 spiro atoms. The van der Waals surface area contributed by atoms with Gasteiger partial charge in [0.1, 0.15) is 11.6 Å². The van der Waals surface area contributed by atoms with E-state index in [2.05, 4.69) is 20.4 Å². The number of anilines is 1. The van der Waals surface area contributed by atoms with Crippen LogP contribution in [0.4, 0.5) is 10.2 Å². The van der Waals surface area contributed by atoms with Gasteiger partial charge in [0.25, 0.3) is 5.89 Å². The molecule has 0 aliphatic heterocycles. The van der Waals surface area contributed by atoms with Crippen LogP contribution in [0.25, 0.3) is 22.8 Å². The highest BCUT2D eigenvalue weighted by Crippen LogP contribution is 2.22. The summed E-state index contributed by atoms with van der Waals surface area (Å²) in [5, 5.41) is 7.20. The van der Waals surface area contributed by atoms with Crippen LogP contribution in [0.15, 0.2) is 77.4 Å². The average Bonchev–Trinajstić information content (AvgIpc) is 3.19. The zero-order chi connectivity index (χ0) is 17.8. The van der Waals surface area contributed by atoms with Crippen molar-refractivity contribution in [3.63, 3.8) is 0 Å². The summed E-state index contributed by atoms with van der Waals surface area (Å²) < 4.78 is 18.2. The Hall–Kier alpha value is -3.54. The maximum Gasteiger partial charge on any atom is 0.259 e. The molecule has 5 nitrogen and oxygen atoms in total. The van der Waals surface area contributed by atoms with Crippen LogP contribution >= 0.6 is 0 Å². The Balaban J connectivity index is 1.44. The fourth-order valence-electron chi connectivity index (χ4n) is 2.47. The second kappa shape index (κ2) is 7.14. The fourth-order valence-corrected chi connectivity index (χ4v) is 2.47. The number of halogens is 1. The van der Waals surface area contributed by atoms with Gasteiger partial charge in [0, 0.05) is 18.3 Å². The topological polar surface area (TPSA) is 63.8 Å². The van der Waals surface area contributed by atoms with E-state index in [1.54, 1.807) is 18.3 Å². The molecule has 0 saturated heterocycles. The number of pyridine rings is 1. The van der Waals surface area contributed by atoms with Gasteiger partial charge in [0.05, 0.1) is 5.56 Å². The molecule has 128 valence electrons. The lowest BCUT2D eigenvalue weighted by Gasteiger charge is -2.05. The highest BCUT2D eigenvalue weighted by atomic mass is 19.1. The predicted octanol–water partition coefficient (Wildman–Crippen LogP) is 4.55. The second-order valence-electron chi connectivity index (χ2n) is 5.70. The van der Waals surface area contributed by atoms with Crippen molar-refractivity contribution in [2.75, 3.05) is 5.32 Å². The minimum atomic E-state index is -0.245. The molecule has 0 unspecified atom stereocenters. The lowest BCUT2D eigenvalue weighted by atomic mass is 10.2. The van der Waals surface area contributed by atoms with Crippen LogP contribution in [-0.2, 0) is 6.54 Å². The van der Waals surface area contributed by atoms with Crippen molar-refractivity contribution in [3.8, 4) is 22.8 Å².